The van der Waals surface area contributed by atoms with Crippen molar-refractivity contribution in [2.24, 2.45) is 5.41 Å². The summed E-state index contributed by atoms with van der Waals surface area (Å²) in [6.45, 7) is 2.59. The molecule has 3 fully saturated rings. The van der Waals surface area contributed by atoms with Gasteiger partial charge < -0.3 is 9.64 Å². The van der Waals surface area contributed by atoms with E-state index < -0.39 is 24.9 Å². The lowest BCUT2D eigenvalue weighted by molar-refractivity contribution is -0.310. The molecule has 11 heteroatoms. The minimum Gasteiger partial charge on any atom is -0.377 e. The van der Waals surface area contributed by atoms with Crippen LogP contribution in [0.4, 0.5) is 23.2 Å². The molecule has 0 bridgehead atoms. The minimum atomic E-state index is -4.45. The van der Waals surface area contributed by atoms with Crippen molar-refractivity contribution in [3.8, 4) is 5.69 Å². The van der Waals surface area contributed by atoms with Crippen molar-refractivity contribution >= 4 is 17.3 Å². The van der Waals surface area contributed by atoms with Gasteiger partial charge in [-0.25, -0.2) is 4.39 Å². The Hall–Kier alpha value is -2.69. The lowest BCUT2D eigenvalue weighted by Crippen LogP contribution is -2.69. The highest BCUT2D eigenvalue weighted by Crippen LogP contribution is 2.57. The van der Waals surface area contributed by atoms with Crippen molar-refractivity contribution in [3.05, 3.63) is 70.0 Å². The number of hydrogen-bond donors (Lipinski definition) is 0. The van der Waals surface area contributed by atoms with Crippen molar-refractivity contribution in [2.75, 3.05) is 31.2 Å². The fourth-order valence-electron chi connectivity index (χ4n) is 6.65. The average Bonchev–Trinajstić information content (AvgIpc) is 3.08. The summed E-state index contributed by atoms with van der Waals surface area (Å²) in [5, 5.41) is 9.36. The molecule has 6 nitrogen and oxygen atoms in total. The van der Waals surface area contributed by atoms with E-state index in [4.69, 9.17) is 16.3 Å². The van der Waals surface area contributed by atoms with Crippen molar-refractivity contribution in [2.45, 2.75) is 50.5 Å². The Morgan fingerprint density at radius 2 is 1.79 bits per heavy atom. The van der Waals surface area contributed by atoms with E-state index in [9.17, 15) is 17.6 Å². The Morgan fingerprint density at radius 1 is 1.03 bits per heavy atom. The summed E-state index contributed by atoms with van der Waals surface area (Å²) in [5.41, 5.74) is 0.773. The summed E-state index contributed by atoms with van der Waals surface area (Å²) in [6, 6.07) is 10.8. The van der Waals surface area contributed by atoms with Gasteiger partial charge >= 0.3 is 6.18 Å². The second kappa shape index (κ2) is 8.16. The Kier molecular flexibility index (Phi) is 5.23. The average molecular weight is 548 g/mol. The van der Waals surface area contributed by atoms with Gasteiger partial charge in [0.15, 0.2) is 11.4 Å². The first-order valence-electron chi connectivity index (χ1n) is 12.7. The molecule has 200 valence electrons. The number of anilines is 1. The number of nitrogens with zero attached hydrogens (tertiary/aromatic N) is 5. The molecule has 0 atom stereocenters. The Balaban J connectivity index is 1.17. The first-order chi connectivity index (χ1) is 18.1. The van der Waals surface area contributed by atoms with Crippen LogP contribution in [0.2, 0.25) is 5.02 Å². The van der Waals surface area contributed by atoms with Gasteiger partial charge in [0.1, 0.15) is 11.6 Å². The monoisotopic (exact) mass is 547 g/mol. The number of aromatic nitrogens is 3. The van der Waals surface area contributed by atoms with Gasteiger partial charge in [0, 0.05) is 36.0 Å². The number of fused-ring (bicyclic) bond motifs is 3. The zero-order valence-electron chi connectivity index (χ0n) is 20.7. The molecular weight excluding hydrogens is 522 g/mol. The molecule has 4 heterocycles. The molecular formula is C27H26ClF4N5O. The lowest BCUT2D eigenvalue weighted by Gasteiger charge is -2.59. The molecule has 1 aromatic heterocycles. The van der Waals surface area contributed by atoms with E-state index >= 15 is 0 Å². The second-order valence-electron chi connectivity index (χ2n) is 11.3. The minimum absolute atomic E-state index is 0.000441. The topological polar surface area (TPSA) is 46.4 Å². The van der Waals surface area contributed by atoms with Crippen LogP contribution in [0.15, 0.2) is 36.4 Å². The smallest absolute Gasteiger partial charge is 0.377 e. The first-order valence-corrected chi connectivity index (χ1v) is 13.1. The number of aryl methyl sites for hydroxylation is 1. The van der Waals surface area contributed by atoms with Gasteiger partial charge in [0.2, 0.25) is 0 Å². The molecule has 2 aromatic carbocycles. The predicted octanol–water partition coefficient (Wildman–Crippen LogP) is 5.40. The van der Waals surface area contributed by atoms with Gasteiger partial charge in [0.05, 0.1) is 31.1 Å². The third-order valence-corrected chi connectivity index (χ3v) is 9.07. The van der Waals surface area contributed by atoms with E-state index in [0.29, 0.717) is 27.7 Å². The molecule has 2 saturated heterocycles. The fourth-order valence-corrected chi connectivity index (χ4v) is 6.85. The maximum absolute atomic E-state index is 14.6. The normalized spacial score (nSPS) is 22.2. The van der Waals surface area contributed by atoms with Crippen LogP contribution in [0.1, 0.15) is 41.5 Å². The molecule has 0 N–H and O–H groups in total. The maximum Gasteiger partial charge on any atom is 0.411 e. The van der Waals surface area contributed by atoms with Gasteiger partial charge in [-0.3, -0.25) is 9.47 Å². The van der Waals surface area contributed by atoms with Crippen LogP contribution < -0.4 is 4.90 Å². The van der Waals surface area contributed by atoms with Crippen molar-refractivity contribution in [1.29, 1.82) is 0 Å². The SMILES string of the molecule is Cc1cccc(N2CC3(CC(c4nnc5n4-c4ccc(Cl)cc4CN(C4(C(F)(F)F)COC4)C5)C3)C2)c1F. The highest BCUT2D eigenvalue weighted by atomic mass is 35.5. The van der Waals surface area contributed by atoms with E-state index in [-0.39, 0.29) is 30.2 Å². The Bertz CT molecular complexity index is 1420. The van der Waals surface area contributed by atoms with E-state index in [0.717, 1.165) is 37.4 Å². The molecule has 1 aliphatic carbocycles. The van der Waals surface area contributed by atoms with Gasteiger partial charge in [-0.2, -0.15) is 13.2 Å². The third kappa shape index (κ3) is 3.46. The van der Waals surface area contributed by atoms with Crippen molar-refractivity contribution in [3.63, 3.8) is 0 Å². The van der Waals surface area contributed by atoms with Gasteiger partial charge in [-0.15, -0.1) is 10.2 Å². The third-order valence-electron chi connectivity index (χ3n) is 8.83. The van der Waals surface area contributed by atoms with Crippen LogP contribution in [0, 0.1) is 18.2 Å². The van der Waals surface area contributed by atoms with Gasteiger partial charge in [-0.05, 0) is 55.2 Å². The van der Waals surface area contributed by atoms with Crippen LogP contribution >= 0.6 is 11.6 Å². The zero-order chi connectivity index (χ0) is 26.4. The number of rotatable bonds is 3. The second-order valence-corrected chi connectivity index (χ2v) is 11.8. The highest BCUT2D eigenvalue weighted by molar-refractivity contribution is 6.30. The summed E-state index contributed by atoms with van der Waals surface area (Å²) >= 11 is 6.28. The molecule has 7 rings (SSSR count). The summed E-state index contributed by atoms with van der Waals surface area (Å²) < 4.78 is 64.3. The van der Waals surface area contributed by atoms with E-state index in [2.05, 4.69) is 15.1 Å². The molecule has 4 aliphatic rings. The molecule has 1 saturated carbocycles. The number of halogens is 5. The highest BCUT2D eigenvalue weighted by Gasteiger charge is 2.64. The van der Waals surface area contributed by atoms with Crippen molar-refractivity contribution in [1.82, 2.24) is 19.7 Å². The fraction of sp³-hybridized carbons (Fsp3) is 0.481. The summed E-state index contributed by atoms with van der Waals surface area (Å²) in [6.07, 6.45) is -2.70. The molecule has 0 unspecified atom stereocenters. The first kappa shape index (κ1) is 24.4. The number of hydrogen-bond acceptors (Lipinski definition) is 5. The van der Waals surface area contributed by atoms with Crippen LogP contribution in [0.3, 0.4) is 0 Å². The molecule has 3 aliphatic heterocycles. The standard InChI is InChI=1S/C27H26ClF4N5O/c1-16-3-2-4-21(23(16)29)35-12-25(13-35)8-18(9-25)24-34-33-22-11-36(26(14-38-15-26)27(30,31)32)10-17-7-19(28)5-6-20(17)37(22)24/h2-7,18H,8-15H2,1H3. The van der Waals surface area contributed by atoms with Crippen LogP contribution in [-0.4, -0.2) is 57.7 Å². The maximum atomic E-state index is 14.6. The van der Waals surface area contributed by atoms with Gasteiger partial charge in [-0.1, -0.05) is 23.7 Å². The molecule has 0 radical (unpaired) electrons. The zero-order valence-corrected chi connectivity index (χ0v) is 21.5. The molecule has 38 heavy (non-hydrogen) atoms. The van der Waals surface area contributed by atoms with Crippen LogP contribution in [0.5, 0.6) is 0 Å². The Morgan fingerprint density at radius 3 is 2.47 bits per heavy atom. The van der Waals surface area contributed by atoms with Crippen LogP contribution in [-0.2, 0) is 17.8 Å². The molecule has 0 amide bonds. The van der Waals surface area contributed by atoms with Gasteiger partial charge in [0.25, 0.3) is 0 Å². The Labute approximate surface area is 222 Å². The summed E-state index contributed by atoms with van der Waals surface area (Å²) in [5.74, 6) is 1.20. The van der Waals surface area contributed by atoms with Crippen LogP contribution in [0.25, 0.3) is 5.69 Å². The molecule has 1 spiro atoms. The quantitative estimate of drug-likeness (QED) is 0.411. The van der Waals surface area contributed by atoms with E-state index in [1.54, 1.807) is 25.1 Å². The number of ether oxygens (including phenoxy) is 1. The largest absolute Gasteiger partial charge is 0.411 e. The predicted molar refractivity (Wildman–Crippen MR) is 133 cm³/mol. The number of alkyl halides is 3. The van der Waals surface area contributed by atoms with Crippen molar-refractivity contribution < 1.29 is 22.3 Å². The summed E-state index contributed by atoms with van der Waals surface area (Å²) in [7, 11) is 0. The lowest BCUT2D eigenvalue weighted by atomic mass is 9.57. The summed E-state index contributed by atoms with van der Waals surface area (Å²) in [4.78, 5) is 3.49. The number of benzene rings is 2. The molecule has 3 aromatic rings. The van der Waals surface area contributed by atoms with E-state index in [1.165, 1.54) is 4.90 Å². The van der Waals surface area contributed by atoms with E-state index in [1.807, 2.05) is 22.8 Å².